The molecule has 0 aliphatic rings. The SMILES string of the molecule is N#Cc1c(F)cccc1NCCc1nc(C(=O)O)cs1. The molecular weight excluding hydrogens is 281 g/mol. The lowest BCUT2D eigenvalue weighted by molar-refractivity contribution is 0.0691. The van der Waals surface area contributed by atoms with Crippen LogP contribution in [0.2, 0.25) is 0 Å². The minimum Gasteiger partial charge on any atom is -0.476 e. The maximum Gasteiger partial charge on any atom is 0.355 e. The molecule has 1 aromatic carbocycles. The van der Waals surface area contributed by atoms with E-state index in [4.69, 9.17) is 10.4 Å². The Morgan fingerprint density at radius 1 is 1.55 bits per heavy atom. The van der Waals surface area contributed by atoms with E-state index in [-0.39, 0.29) is 11.3 Å². The number of anilines is 1. The van der Waals surface area contributed by atoms with Crippen molar-refractivity contribution in [2.75, 3.05) is 11.9 Å². The molecule has 5 nitrogen and oxygen atoms in total. The lowest BCUT2D eigenvalue weighted by atomic mass is 10.2. The normalized spacial score (nSPS) is 10.0. The summed E-state index contributed by atoms with van der Waals surface area (Å²) >= 11 is 1.26. The first-order valence-electron chi connectivity index (χ1n) is 5.72. The Hall–Kier alpha value is -2.46. The van der Waals surface area contributed by atoms with Gasteiger partial charge >= 0.3 is 5.97 Å². The fraction of sp³-hybridized carbons (Fsp3) is 0.154. The number of halogens is 1. The molecule has 0 atom stereocenters. The van der Waals surface area contributed by atoms with Crippen molar-refractivity contribution in [3.8, 4) is 6.07 Å². The molecule has 0 radical (unpaired) electrons. The van der Waals surface area contributed by atoms with Gasteiger partial charge in [-0.1, -0.05) is 6.07 Å². The zero-order valence-electron chi connectivity index (χ0n) is 10.3. The van der Waals surface area contributed by atoms with Gasteiger partial charge in [-0.05, 0) is 12.1 Å². The molecule has 1 heterocycles. The lowest BCUT2D eigenvalue weighted by Crippen LogP contribution is -2.07. The number of carboxylic acids is 1. The summed E-state index contributed by atoms with van der Waals surface area (Å²) < 4.78 is 13.4. The highest BCUT2D eigenvalue weighted by Gasteiger charge is 2.09. The van der Waals surface area contributed by atoms with E-state index in [0.29, 0.717) is 23.7 Å². The molecule has 2 aromatic rings. The summed E-state index contributed by atoms with van der Waals surface area (Å²) in [6, 6.07) is 6.16. The van der Waals surface area contributed by atoms with Gasteiger partial charge in [0.05, 0.1) is 10.7 Å². The number of nitrogens with zero attached hydrogens (tertiary/aromatic N) is 2. The van der Waals surface area contributed by atoms with Crippen LogP contribution >= 0.6 is 11.3 Å². The number of hydrogen-bond acceptors (Lipinski definition) is 5. The summed E-state index contributed by atoms with van der Waals surface area (Å²) in [5.74, 6) is -1.63. The Balaban J connectivity index is 1.98. The quantitative estimate of drug-likeness (QED) is 0.884. The average Bonchev–Trinajstić information content (AvgIpc) is 2.88. The van der Waals surface area contributed by atoms with Crippen molar-refractivity contribution in [1.82, 2.24) is 4.98 Å². The molecule has 20 heavy (non-hydrogen) atoms. The van der Waals surface area contributed by atoms with Crippen LogP contribution in [-0.4, -0.2) is 22.6 Å². The second-order valence-corrected chi connectivity index (χ2v) is 4.83. The molecule has 0 saturated carbocycles. The minimum absolute atomic E-state index is 0.0217. The summed E-state index contributed by atoms with van der Waals surface area (Å²) in [7, 11) is 0. The largest absolute Gasteiger partial charge is 0.476 e. The summed E-state index contributed by atoms with van der Waals surface area (Å²) in [6.07, 6.45) is 0.499. The predicted octanol–water partition coefficient (Wildman–Crippen LogP) is 2.51. The van der Waals surface area contributed by atoms with Crippen LogP contribution < -0.4 is 5.32 Å². The number of rotatable bonds is 5. The molecule has 0 aliphatic heterocycles. The van der Waals surface area contributed by atoms with Gasteiger partial charge in [-0.25, -0.2) is 14.2 Å². The Morgan fingerprint density at radius 3 is 3.00 bits per heavy atom. The Kier molecular flexibility index (Phi) is 4.27. The third kappa shape index (κ3) is 3.10. The smallest absolute Gasteiger partial charge is 0.355 e. The van der Waals surface area contributed by atoms with Gasteiger partial charge in [0.25, 0.3) is 0 Å². The van der Waals surface area contributed by atoms with Gasteiger partial charge in [0.15, 0.2) is 5.69 Å². The number of benzene rings is 1. The van der Waals surface area contributed by atoms with Crippen molar-refractivity contribution in [3.63, 3.8) is 0 Å². The standard InChI is InChI=1S/C13H10FN3O2S/c14-9-2-1-3-10(8(9)6-15)16-5-4-12-17-11(7-20-12)13(18)19/h1-3,7,16H,4-5H2,(H,18,19). The topological polar surface area (TPSA) is 86.0 Å². The van der Waals surface area contributed by atoms with Crippen LogP contribution in [0, 0.1) is 17.1 Å². The van der Waals surface area contributed by atoms with E-state index in [2.05, 4.69) is 10.3 Å². The number of carboxylic acid groups (broad SMARTS) is 1. The van der Waals surface area contributed by atoms with Crippen molar-refractivity contribution < 1.29 is 14.3 Å². The van der Waals surface area contributed by atoms with Crippen LogP contribution in [0.1, 0.15) is 21.1 Å². The van der Waals surface area contributed by atoms with Crippen LogP contribution in [0.25, 0.3) is 0 Å². The van der Waals surface area contributed by atoms with Crippen LogP contribution in [0.3, 0.4) is 0 Å². The highest BCUT2D eigenvalue weighted by atomic mass is 32.1. The van der Waals surface area contributed by atoms with E-state index in [9.17, 15) is 9.18 Å². The first kappa shape index (κ1) is 14.0. The van der Waals surface area contributed by atoms with Gasteiger partial charge in [0.2, 0.25) is 0 Å². The molecule has 0 fully saturated rings. The van der Waals surface area contributed by atoms with Gasteiger partial charge < -0.3 is 10.4 Å². The minimum atomic E-state index is -1.06. The molecule has 2 rings (SSSR count). The summed E-state index contributed by atoms with van der Waals surface area (Å²) in [5, 5.41) is 22.7. The molecule has 0 aliphatic carbocycles. The zero-order valence-corrected chi connectivity index (χ0v) is 11.1. The number of nitriles is 1. The number of nitrogens with one attached hydrogen (secondary N) is 1. The number of thiazole rings is 1. The van der Waals surface area contributed by atoms with Crippen molar-refractivity contribution >= 4 is 23.0 Å². The highest BCUT2D eigenvalue weighted by molar-refractivity contribution is 7.09. The maximum absolute atomic E-state index is 13.4. The van der Waals surface area contributed by atoms with E-state index in [1.807, 2.05) is 0 Å². The average molecular weight is 291 g/mol. The second kappa shape index (κ2) is 6.12. The zero-order chi connectivity index (χ0) is 14.5. The third-order valence-electron chi connectivity index (χ3n) is 2.55. The second-order valence-electron chi connectivity index (χ2n) is 3.88. The number of hydrogen-bond donors (Lipinski definition) is 2. The van der Waals surface area contributed by atoms with Crippen LogP contribution in [0.5, 0.6) is 0 Å². The molecule has 7 heteroatoms. The summed E-state index contributed by atoms with van der Waals surface area (Å²) in [4.78, 5) is 14.6. The monoisotopic (exact) mass is 291 g/mol. The molecule has 0 amide bonds. The Morgan fingerprint density at radius 2 is 2.35 bits per heavy atom. The van der Waals surface area contributed by atoms with E-state index in [0.717, 1.165) is 0 Å². The Bertz CT molecular complexity index is 678. The molecule has 0 bridgehead atoms. The van der Waals surface area contributed by atoms with E-state index >= 15 is 0 Å². The summed E-state index contributed by atoms with van der Waals surface area (Å²) in [6.45, 7) is 0.435. The van der Waals surface area contributed by atoms with E-state index in [1.165, 1.54) is 28.8 Å². The molecule has 1 aromatic heterocycles. The Labute approximate surface area is 118 Å². The van der Waals surface area contributed by atoms with Crippen molar-refractivity contribution in [2.24, 2.45) is 0 Å². The summed E-state index contributed by atoms with van der Waals surface area (Å²) in [5.41, 5.74) is 0.411. The molecule has 0 saturated heterocycles. The van der Waals surface area contributed by atoms with Crippen molar-refractivity contribution in [3.05, 3.63) is 45.7 Å². The van der Waals surface area contributed by atoms with Gasteiger partial charge in [-0.3, -0.25) is 0 Å². The first-order chi connectivity index (χ1) is 9.61. The molecule has 2 N–H and O–H groups in total. The fourth-order valence-corrected chi connectivity index (χ4v) is 2.39. The molecular formula is C13H10FN3O2S. The first-order valence-corrected chi connectivity index (χ1v) is 6.60. The highest BCUT2D eigenvalue weighted by Crippen LogP contribution is 2.18. The number of aromatic nitrogens is 1. The molecule has 0 spiro atoms. The van der Waals surface area contributed by atoms with Crippen molar-refractivity contribution in [1.29, 1.82) is 5.26 Å². The number of carbonyl (C=O) groups is 1. The fourth-order valence-electron chi connectivity index (χ4n) is 1.61. The lowest BCUT2D eigenvalue weighted by Gasteiger charge is -2.07. The van der Waals surface area contributed by atoms with E-state index < -0.39 is 11.8 Å². The number of aromatic carboxylic acids is 1. The van der Waals surface area contributed by atoms with Gasteiger partial charge in [0, 0.05) is 18.3 Å². The third-order valence-corrected chi connectivity index (χ3v) is 3.46. The molecule has 0 unspecified atom stereocenters. The molecule has 102 valence electrons. The van der Waals surface area contributed by atoms with Gasteiger partial charge in [-0.2, -0.15) is 5.26 Å². The maximum atomic E-state index is 13.4. The van der Waals surface area contributed by atoms with E-state index in [1.54, 1.807) is 12.1 Å². The van der Waals surface area contributed by atoms with Crippen LogP contribution in [0.4, 0.5) is 10.1 Å². The van der Waals surface area contributed by atoms with Crippen LogP contribution in [0.15, 0.2) is 23.6 Å². The van der Waals surface area contributed by atoms with Crippen molar-refractivity contribution in [2.45, 2.75) is 6.42 Å². The van der Waals surface area contributed by atoms with Crippen LogP contribution in [-0.2, 0) is 6.42 Å². The van der Waals surface area contributed by atoms with Gasteiger partial charge in [0.1, 0.15) is 17.4 Å². The predicted molar refractivity (Wildman–Crippen MR) is 72.4 cm³/mol. The van der Waals surface area contributed by atoms with Gasteiger partial charge in [-0.15, -0.1) is 11.3 Å².